The molecule has 3 heterocycles. The van der Waals surface area contributed by atoms with Crippen molar-refractivity contribution in [3.8, 4) is 6.01 Å². The zero-order valence-corrected chi connectivity index (χ0v) is 13.3. The summed E-state index contributed by atoms with van der Waals surface area (Å²) in [5, 5.41) is 0. The number of nitrogens with zero attached hydrogens (tertiary/aromatic N) is 3. The van der Waals surface area contributed by atoms with Gasteiger partial charge < -0.3 is 14.3 Å². The van der Waals surface area contributed by atoms with Crippen LogP contribution in [-0.2, 0) is 11.3 Å². The Morgan fingerprint density at radius 1 is 1.12 bits per heavy atom. The number of ether oxygens (including phenoxy) is 2. The van der Waals surface area contributed by atoms with E-state index in [4.69, 9.17) is 14.3 Å². The molecule has 3 aromatic rings. The fourth-order valence-corrected chi connectivity index (χ4v) is 2.71. The third kappa shape index (κ3) is 3.19. The molecule has 1 aliphatic heterocycles. The Morgan fingerprint density at radius 3 is 2.88 bits per heavy atom. The highest BCUT2D eigenvalue weighted by atomic mass is 16.8. The Labute approximate surface area is 140 Å². The average Bonchev–Trinajstić information content (AvgIpc) is 2.99. The lowest BCUT2D eigenvalue weighted by Crippen LogP contribution is -2.31. The molecule has 0 spiro atoms. The molecule has 1 aliphatic rings. The van der Waals surface area contributed by atoms with Crippen LogP contribution in [0.15, 0.2) is 48.7 Å². The Hall–Kier alpha value is -2.60. The zero-order valence-electron chi connectivity index (χ0n) is 13.3. The van der Waals surface area contributed by atoms with E-state index in [-0.39, 0.29) is 6.29 Å². The molecule has 124 valence electrons. The molecule has 1 atom stereocenters. The number of hydrogen-bond acceptors (Lipinski definition) is 5. The van der Waals surface area contributed by atoms with Gasteiger partial charge in [0.25, 0.3) is 0 Å². The van der Waals surface area contributed by atoms with Gasteiger partial charge in [-0.3, -0.25) is 4.98 Å². The minimum Gasteiger partial charge on any atom is -0.456 e. The second-order valence-corrected chi connectivity index (χ2v) is 5.69. The van der Waals surface area contributed by atoms with Gasteiger partial charge in [-0.05, 0) is 37.1 Å². The number of benzene rings is 1. The third-order valence-corrected chi connectivity index (χ3v) is 3.93. The van der Waals surface area contributed by atoms with Gasteiger partial charge in [-0.1, -0.05) is 18.2 Å². The summed E-state index contributed by atoms with van der Waals surface area (Å²) < 4.78 is 13.2. The second-order valence-electron chi connectivity index (χ2n) is 5.69. The highest BCUT2D eigenvalue weighted by Crippen LogP contribution is 2.22. The van der Waals surface area contributed by atoms with Crippen LogP contribution in [0.2, 0.25) is 0 Å². The molecule has 6 heteroatoms. The normalized spacial score (nSPS) is 17.8. The van der Waals surface area contributed by atoms with Crippen molar-refractivity contribution in [1.82, 2.24) is 14.7 Å². The van der Waals surface area contributed by atoms with Gasteiger partial charge in [0.15, 0.2) is 0 Å². The average molecular weight is 325 g/mol. The van der Waals surface area contributed by atoms with Gasteiger partial charge in [-0.25, -0.2) is 0 Å². The van der Waals surface area contributed by atoms with Gasteiger partial charge in [-0.2, -0.15) is 4.98 Å². The molecule has 1 unspecified atom stereocenters. The highest BCUT2D eigenvalue weighted by molar-refractivity contribution is 5.76. The minimum atomic E-state index is -0.270. The van der Waals surface area contributed by atoms with Crippen LogP contribution in [0.3, 0.4) is 0 Å². The molecule has 1 fully saturated rings. The summed E-state index contributed by atoms with van der Waals surface area (Å²) in [6.07, 6.45) is 4.52. The van der Waals surface area contributed by atoms with Crippen molar-refractivity contribution in [2.24, 2.45) is 0 Å². The van der Waals surface area contributed by atoms with Crippen LogP contribution in [0, 0.1) is 0 Å². The van der Waals surface area contributed by atoms with Gasteiger partial charge in [-0.15, -0.1) is 4.73 Å². The first-order valence-electron chi connectivity index (χ1n) is 8.19. The first-order valence-corrected chi connectivity index (χ1v) is 8.19. The fourth-order valence-electron chi connectivity index (χ4n) is 2.71. The number of rotatable bonds is 5. The number of para-hydroxylation sites is 2. The molecular weight excluding hydrogens is 306 g/mol. The second kappa shape index (κ2) is 6.88. The van der Waals surface area contributed by atoms with Crippen molar-refractivity contribution in [1.29, 1.82) is 0 Å². The monoisotopic (exact) mass is 325 g/mol. The maximum absolute atomic E-state index is 6.01. The molecule has 0 amide bonds. The lowest BCUT2D eigenvalue weighted by atomic mass is 10.2. The molecule has 0 N–H and O–H groups in total. The highest BCUT2D eigenvalue weighted by Gasteiger charge is 2.20. The SMILES string of the molecule is c1ccc(COc2nc3ccccc3n2OC2CCCCO2)nc1. The van der Waals surface area contributed by atoms with E-state index in [0.29, 0.717) is 12.6 Å². The van der Waals surface area contributed by atoms with Crippen LogP contribution in [0.4, 0.5) is 0 Å². The summed E-state index contributed by atoms with van der Waals surface area (Å²) in [5.74, 6) is 0. The molecule has 1 saturated heterocycles. The lowest BCUT2D eigenvalue weighted by molar-refractivity contribution is -0.165. The van der Waals surface area contributed by atoms with Crippen molar-refractivity contribution in [3.63, 3.8) is 0 Å². The van der Waals surface area contributed by atoms with Crippen LogP contribution in [0.1, 0.15) is 25.0 Å². The Balaban J connectivity index is 1.59. The van der Waals surface area contributed by atoms with E-state index in [2.05, 4.69) is 9.97 Å². The first-order chi connectivity index (χ1) is 11.9. The number of pyridine rings is 1. The Bertz CT molecular complexity index is 798. The van der Waals surface area contributed by atoms with Crippen molar-refractivity contribution in [2.45, 2.75) is 32.2 Å². The van der Waals surface area contributed by atoms with Crippen molar-refractivity contribution in [3.05, 3.63) is 54.4 Å². The molecule has 24 heavy (non-hydrogen) atoms. The van der Waals surface area contributed by atoms with Crippen LogP contribution in [0.5, 0.6) is 6.01 Å². The van der Waals surface area contributed by atoms with Gasteiger partial charge in [0.2, 0.25) is 6.29 Å². The Morgan fingerprint density at radius 2 is 2.04 bits per heavy atom. The minimum absolute atomic E-state index is 0.270. The molecule has 2 aromatic heterocycles. The van der Waals surface area contributed by atoms with E-state index in [1.807, 2.05) is 42.5 Å². The summed E-state index contributed by atoms with van der Waals surface area (Å²) in [5.41, 5.74) is 2.53. The summed E-state index contributed by atoms with van der Waals surface area (Å²) in [6, 6.07) is 13.9. The quantitative estimate of drug-likeness (QED) is 0.722. The number of fused-ring (bicyclic) bond motifs is 1. The zero-order chi connectivity index (χ0) is 16.2. The summed E-state index contributed by atoms with van der Waals surface area (Å²) >= 11 is 0. The van der Waals surface area contributed by atoms with Crippen LogP contribution in [0.25, 0.3) is 11.0 Å². The van der Waals surface area contributed by atoms with Gasteiger partial charge in [0.05, 0.1) is 17.8 Å². The van der Waals surface area contributed by atoms with Crippen molar-refractivity contribution >= 4 is 11.0 Å². The number of imidazole rings is 1. The largest absolute Gasteiger partial charge is 0.456 e. The van der Waals surface area contributed by atoms with E-state index >= 15 is 0 Å². The number of aromatic nitrogens is 3. The molecule has 0 radical (unpaired) electrons. The smallest absolute Gasteiger partial charge is 0.332 e. The molecule has 0 saturated carbocycles. The van der Waals surface area contributed by atoms with Crippen molar-refractivity contribution in [2.75, 3.05) is 6.61 Å². The molecule has 0 aliphatic carbocycles. The molecule has 1 aromatic carbocycles. The van der Waals surface area contributed by atoms with E-state index in [9.17, 15) is 0 Å². The summed E-state index contributed by atoms with van der Waals surface area (Å²) in [4.78, 5) is 14.8. The summed E-state index contributed by atoms with van der Waals surface area (Å²) in [6.45, 7) is 1.06. The van der Waals surface area contributed by atoms with Gasteiger partial charge in [0.1, 0.15) is 12.1 Å². The maximum Gasteiger partial charge on any atom is 0.332 e. The molecule has 0 bridgehead atoms. The predicted octanol–water partition coefficient (Wildman–Crippen LogP) is 2.97. The standard InChI is InChI=1S/C18H19N3O3/c1-2-9-16-15(8-1)20-18(23-13-14-7-3-5-11-19-14)21(16)24-17-10-4-6-12-22-17/h1-3,5,7-9,11,17H,4,6,10,12-13H2. The lowest BCUT2D eigenvalue weighted by Gasteiger charge is -2.23. The summed E-state index contributed by atoms with van der Waals surface area (Å²) in [7, 11) is 0. The van der Waals surface area contributed by atoms with E-state index in [1.165, 1.54) is 0 Å². The number of hydrogen-bond donors (Lipinski definition) is 0. The molecule has 4 rings (SSSR count). The topological polar surface area (TPSA) is 58.4 Å². The third-order valence-electron chi connectivity index (χ3n) is 3.93. The first kappa shape index (κ1) is 15.0. The Kier molecular flexibility index (Phi) is 4.29. The van der Waals surface area contributed by atoms with Gasteiger partial charge in [0, 0.05) is 12.6 Å². The predicted molar refractivity (Wildman–Crippen MR) is 88.5 cm³/mol. The van der Waals surface area contributed by atoms with E-state index in [1.54, 1.807) is 10.9 Å². The van der Waals surface area contributed by atoms with E-state index < -0.39 is 0 Å². The fraction of sp³-hybridized carbons (Fsp3) is 0.333. The van der Waals surface area contributed by atoms with Crippen LogP contribution in [-0.4, -0.2) is 27.6 Å². The van der Waals surface area contributed by atoms with Crippen LogP contribution < -0.4 is 9.57 Å². The van der Waals surface area contributed by atoms with E-state index in [0.717, 1.165) is 42.6 Å². The van der Waals surface area contributed by atoms with Gasteiger partial charge >= 0.3 is 6.01 Å². The maximum atomic E-state index is 6.01. The van der Waals surface area contributed by atoms with Crippen LogP contribution >= 0.6 is 0 Å². The molecular formula is C18H19N3O3. The molecule has 6 nitrogen and oxygen atoms in total. The van der Waals surface area contributed by atoms with Crippen molar-refractivity contribution < 1.29 is 14.3 Å².